The molecular weight excluding hydrogens is 346 g/mol. The number of carbonyl (C=O) groups is 2. The van der Waals surface area contributed by atoms with Crippen molar-refractivity contribution in [3.8, 4) is 0 Å². The average molecular weight is 368 g/mol. The summed E-state index contributed by atoms with van der Waals surface area (Å²) in [6.45, 7) is 2.91. The molecule has 25 heavy (non-hydrogen) atoms. The molecule has 1 amide bonds. The molecule has 2 aromatic rings. The van der Waals surface area contributed by atoms with Crippen molar-refractivity contribution in [3.63, 3.8) is 0 Å². The van der Waals surface area contributed by atoms with E-state index < -0.39 is 0 Å². The van der Waals surface area contributed by atoms with E-state index in [4.69, 9.17) is 15.2 Å². The summed E-state index contributed by atoms with van der Waals surface area (Å²) in [5.74, 6) is -0.366. The number of aromatic amines is 1. The molecule has 1 saturated heterocycles. The molecule has 1 aromatic heterocycles. The second-order valence-corrected chi connectivity index (χ2v) is 5.76. The van der Waals surface area contributed by atoms with Crippen LogP contribution in [0.2, 0.25) is 0 Å². The van der Waals surface area contributed by atoms with Crippen LogP contribution in [-0.2, 0) is 22.3 Å². The number of rotatable bonds is 6. The summed E-state index contributed by atoms with van der Waals surface area (Å²) in [5, 5.41) is 3.73. The Morgan fingerprint density at radius 1 is 1.44 bits per heavy atom. The Morgan fingerprint density at radius 3 is 2.88 bits per heavy atom. The lowest BCUT2D eigenvalue weighted by molar-refractivity contribution is 0.0519. The number of halogens is 1. The minimum absolute atomic E-state index is 0. The van der Waals surface area contributed by atoms with Crippen LogP contribution in [0.25, 0.3) is 10.9 Å². The second kappa shape index (κ2) is 8.22. The van der Waals surface area contributed by atoms with Gasteiger partial charge >= 0.3 is 12.1 Å². The molecule has 1 aliphatic heterocycles. The van der Waals surface area contributed by atoms with Crippen LogP contribution in [0.3, 0.4) is 0 Å². The fourth-order valence-corrected chi connectivity index (χ4v) is 3.02. The smallest absolute Gasteiger partial charge is 0.407 e. The SMILES string of the molecule is CCOC(=O)c1[nH]c2ccc(C[C@H]3COC(=O)N3)cc2c1CCN.Cl. The van der Waals surface area contributed by atoms with Gasteiger partial charge in [0.2, 0.25) is 0 Å². The maximum atomic E-state index is 12.2. The molecule has 1 fully saturated rings. The zero-order valence-electron chi connectivity index (χ0n) is 14.0. The third kappa shape index (κ3) is 4.05. The van der Waals surface area contributed by atoms with Gasteiger partial charge in [-0.2, -0.15) is 0 Å². The third-order valence-electron chi connectivity index (χ3n) is 4.06. The van der Waals surface area contributed by atoms with Crippen LogP contribution in [0.1, 0.15) is 28.5 Å². The first-order chi connectivity index (χ1) is 11.6. The molecule has 2 heterocycles. The number of carbonyl (C=O) groups excluding carboxylic acids is 2. The van der Waals surface area contributed by atoms with E-state index in [2.05, 4.69) is 10.3 Å². The first-order valence-corrected chi connectivity index (χ1v) is 8.06. The van der Waals surface area contributed by atoms with E-state index in [1.54, 1.807) is 6.92 Å². The standard InChI is InChI=1S/C17H21N3O4.ClH/c1-2-23-16(21)15-12(5-6-18)13-8-10(3-4-14(13)20-15)7-11-9-24-17(22)19-11;/h3-4,8,11,20H,2,5-7,9,18H2,1H3,(H,19,22);1H/t11-;/m0./s1. The van der Waals surface area contributed by atoms with E-state index in [0.717, 1.165) is 22.0 Å². The molecule has 136 valence electrons. The molecule has 8 heteroatoms. The molecule has 0 spiro atoms. The van der Waals surface area contributed by atoms with E-state index in [-0.39, 0.29) is 30.5 Å². The highest BCUT2D eigenvalue weighted by Gasteiger charge is 2.23. The minimum Gasteiger partial charge on any atom is -0.461 e. The van der Waals surface area contributed by atoms with E-state index in [1.807, 2.05) is 18.2 Å². The largest absolute Gasteiger partial charge is 0.461 e. The van der Waals surface area contributed by atoms with E-state index in [0.29, 0.717) is 38.3 Å². The maximum absolute atomic E-state index is 12.2. The average Bonchev–Trinajstić information content (AvgIpc) is 3.12. The third-order valence-corrected chi connectivity index (χ3v) is 4.06. The normalized spacial score (nSPS) is 16.2. The molecule has 7 nitrogen and oxygen atoms in total. The molecule has 3 rings (SSSR count). The summed E-state index contributed by atoms with van der Waals surface area (Å²) >= 11 is 0. The van der Waals surface area contributed by atoms with Crippen molar-refractivity contribution >= 4 is 35.4 Å². The number of alkyl carbamates (subject to hydrolysis) is 1. The lowest BCUT2D eigenvalue weighted by Gasteiger charge is -2.08. The number of nitrogens with two attached hydrogens (primary N) is 1. The fraction of sp³-hybridized carbons (Fsp3) is 0.412. The molecule has 0 aliphatic carbocycles. The monoisotopic (exact) mass is 367 g/mol. The number of aromatic nitrogens is 1. The van der Waals surface area contributed by atoms with Gasteiger partial charge in [0.25, 0.3) is 0 Å². The van der Waals surface area contributed by atoms with E-state index in [1.165, 1.54) is 0 Å². The van der Waals surface area contributed by atoms with Crippen LogP contribution in [0.5, 0.6) is 0 Å². The molecule has 0 radical (unpaired) electrons. The number of hydrogen-bond acceptors (Lipinski definition) is 5. The van der Waals surface area contributed by atoms with Crippen molar-refractivity contribution in [1.29, 1.82) is 0 Å². The molecule has 4 N–H and O–H groups in total. The zero-order chi connectivity index (χ0) is 17.1. The van der Waals surface area contributed by atoms with Gasteiger partial charge in [-0.25, -0.2) is 9.59 Å². The van der Waals surface area contributed by atoms with Crippen molar-refractivity contribution in [2.75, 3.05) is 19.8 Å². The number of benzene rings is 1. The Balaban J connectivity index is 0.00000225. The highest BCUT2D eigenvalue weighted by atomic mass is 35.5. The number of nitrogens with one attached hydrogen (secondary N) is 2. The number of ether oxygens (including phenoxy) is 2. The van der Waals surface area contributed by atoms with Gasteiger partial charge in [-0.15, -0.1) is 12.4 Å². The van der Waals surface area contributed by atoms with Crippen molar-refractivity contribution in [3.05, 3.63) is 35.0 Å². The van der Waals surface area contributed by atoms with E-state index in [9.17, 15) is 9.59 Å². The van der Waals surface area contributed by atoms with Crippen molar-refractivity contribution in [1.82, 2.24) is 10.3 Å². The Bertz CT molecular complexity index is 775. The predicted molar refractivity (Wildman–Crippen MR) is 96.2 cm³/mol. The van der Waals surface area contributed by atoms with Crippen LogP contribution in [0.15, 0.2) is 18.2 Å². The lowest BCUT2D eigenvalue weighted by atomic mass is 10.0. The van der Waals surface area contributed by atoms with Gasteiger partial charge in [0.05, 0.1) is 12.6 Å². The van der Waals surface area contributed by atoms with Gasteiger partial charge in [-0.05, 0) is 49.6 Å². The van der Waals surface area contributed by atoms with Crippen molar-refractivity contribution in [2.24, 2.45) is 5.73 Å². The second-order valence-electron chi connectivity index (χ2n) is 5.76. The molecule has 0 bridgehead atoms. The summed E-state index contributed by atoms with van der Waals surface area (Å²) in [6.07, 6.45) is 0.876. The lowest BCUT2D eigenvalue weighted by Crippen LogP contribution is -2.28. The summed E-state index contributed by atoms with van der Waals surface area (Å²) in [5.41, 5.74) is 8.98. The summed E-state index contributed by atoms with van der Waals surface area (Å²) < 4.78 is 10.0. The predicted octanol–water partition coefficient (Wildman–Crippen LogP) is 1.92. The fourth-order valence-electron chi connectivity index (χ4n) is 3.02. The van der Waals surface area contributed by atoms with Gasteiger partial charge in [-0.1, -0.05) is 6.07 Å². The van der Waals surface area contributed by atoms with Gasteiger partial charge in [0.15, 0.2) is 0 Å². The quantitative estimate of drug-likeness (QED) is 0.676. The van der Waals surface area contributed by atoms with Crippen molar-refractivity contribution in [2.45, 2.75) is 25.8 Å². The van der Waals surface area contributed by atoms with E-state index >= 15 is 0 Å². The minimum atomic E-state index is -0.379. The summed E-state index contributed by atoms with van der Waals surface area (Å²) in [7, 11) is 0. The molecule has 0 unspecified atom stereocenters. The number of cyclic esters (lactones) is 1. The Labute approximate surface area is 151 Å². The van der Waals surface area contributed by atoms with Crippen LogP contribution >= 0.6 is 12.4 Å². The molecule has 1 aliphatic rings. The topological polar surface area (TPSA) is 106 Å². The van der Waals surface area contributed by atoms with Crippen LogP contribution < -0.4 is 11.1 Å². The number of esters is 1. The number of fused-ring (bicyclic) bond motifs is 1. The van der Waals surface area contributed by atoms with Gasteiger partial charge in [0.1, 0.15) is 12.3 Å². The molecular formula is C17H22ClN3O4. The number of hydrogen-bond donors (Lipinski definition) is 3. The Hall–Kier alpha value is -2.25. The molecule has 1 atom stereocenters. The molecule has 0 saturated carbocycles. The maximum Gasteiger partial charge on any atom is 0.407 e. The Kier molecular flexibility index (Phi) is 6.27. The van der Waals surface area contributed by atoms with Gasteiger partial charge < -0.3 is 25.5 Å². The first kappa shape index (κ1) is 19.1. The zero-order valence-corrected chi connectivity index (χ0v) is 14.8. The number of amides is 1. The summed E-state index contributed by atoms with van der Waals surface area (Å²) in [4.78, 5) is 26.4. The Morgan fingerprint density at radius 2 is 2.24 bits per heavy atom. The van der Waals surface area contributed by atoms with Crippen LogP contribution in [0.4, 0.5) is 4.79 Å². The van der Waals surface area contributed by atoms with Gasteiger partial charge in [-0.3, -0.25) is 0 Å². The van der Waals surface area contributed by atoms with Crippen LogP contribution in [-0.4, -0.2) is 42.8 Å². The van der Waals surface area contributed by atoms with Crippen molar-refractivity contribution < 1.29 is 19.1 Å². The number of H-pyrrole nitrogens is 1. The summed E-state index contributed by atoms with van der Waals surface area (Å²) in [6, 6.07) is 5.91. The molecule has 1 aromatic carbocycles. The van der Waals surface area contributed by atoms with Crippen LogP contribution in [0, 0.1) is 0 Å². The van der Waals surface area contributed by atoms with Gasteiger partial charge in [0, 0.05) is 10.9 Å². The first-order valence-electron chi connectivity index (χ1n) is 8.06. The highest BCUT2D eigenvalue weighted by molar-refractivity contribution is 5.98. The highest BCUT2D eigenvalue weighted by Crippen LogP contribution is 2.25.